The van der Waals surface area contributed by atoms with E-state index < -0.39 is 0 Å². The molecule has 17 heavy (non-hydrogen) atoms. The molecule has 1 unspecified atom stereocenters. The van der Waals surface area contributed by atoms with Crippen molar-refractivity contribution < 1.29 is 4.74 Å². The molecule has 1 N–H and O–H groups in total. The molecule has 0 amide bonds. The van der Waals surface area contributed by atoms with E-state index in [4.69, 9.17) is 4.74 Å². The highest BCUT2D eigenvalue weighted by Gasteiger charge is 2.15. The number of hydrogen-bond donors (Lipinski definition) is 1. The van der Waals surface area contributed by atoms with Crippen LogP contribution in [0, 0.1) is 12.8 Å². The van der Waals surface area contributed by atoms with Crippen LogP contribution in [-0.2, 0) is 4.74 Å². The minimum absolute atomic E-state index is 0.437. The van der Waals surface area contributed by atoms with Crippen LogP contribution < -0.4 is 5.32 Å². The van der Waals surface area contributed by atoms with Crippen LogP contribution in [0.15, 0.2) is 6.07 Å². The standard InChI is InChI=1S/C13H21N3O/c1-9(2)12-6-10(3)15-13(16-12)14-7-11-4-5-17-8-11/h6,9,11H,4-5,7-8H2,1-3H3,(H,14,15,16). The molecule has 0 aromatic carbocycles. The van der Waals surface area contributed by atoms with E-state index in [0.717, 1.165) is 43.5 Å². The first-order valence-electron chi connectivity index (χ1n) is 6.32. The van der Waals surface area contributed by atoms with Crippen molar-refractivity contribution in [2.24, 2.45) is 5.92 Å². The number of hydrogen-bond acceptors (Lipinski definition) is 4. The van der Waals surface area contributed by atoms with Crippen molar-refractivity contribution in [2.75, 3.05) is 25.1 Å². The van der Waals surface area contributed by atoms with Crippen molar-refractivity contribution in [2.45, 2.75) is 33.1 Å². The van der Waals surface area contributed by atoms with Gasteiger partial charge < -0.3 is 10.1 Å². The van der Waals surface area contributed by atoms with Gasteiger partial charge in [-0.3, -0.25) is 0 Å². The lowest BCUT2D eigenvalue weighted by molar-refractivity contribution is 0.187. The van der Waals surface area contributed by atoms with Crippen molar-refractivity contribution in [3.05, 3.63) is 17.5 Å². The molecule has 4 nitrogen and oxygen atoms in total. The van der Waals surface area contributed by atoms with Gasteiger partial charge in [0.2, 0.25) is 5.95 Å². The van der Waals surface area contributed by atoms with Crippen molar-refractivity contribution >= 4 is 5.95 Å². The number of aromatic nitrogens is 2. The maximum atomic E-state index is 5.35. The highest BCUT2D eigenvalue weighted by atomic mass is 16.5. The van der Waals surface area contributed by atoms with Gasteiger partial charge in [0.15, 0.2) is 0 Å². The summed E-state index contributed by atoms with van der Waals surface area (Å²) in [7, 11) is 0. The lowest BCUT2D eigenvalue weighted by Crippen LogP contribution is -2.16. The maximum absolute atomic E-state index is 5.35. The quantitative estimate of drug-likeness (QED) is 0.870. The van der Waals surface area contributed by atoms with Gasteiger partial charge in [-0.1, -0.05) is 13.8 Å². The van der Waals surface area contributed by atoms with Gasteiger partial charge in [-0.2, -0.15) is 0 Å². The Morgan fingerprint density at radius 2 is 2.29 bits per heavy atom. The van der Waals surface area contributed by atoms with E-state index in [0.29, 0.717) is 11.8 Å². The van der Waals surface area contributed by atoms with Gasteiger partial charge in [-0.05, 0) is 25.3 Å². The number of aryl methyl sites for hydroxylation is 1. The first-order valence-corrected chi connectivity index (χ1v) is 6.32. The van der Waals surface area contributed by atoms with Gasteiger partial charge in [-0.25, -0.2) is 9.97 Å². The minimum Gasteiger partial charge on any atom is -0.381 e. The van der Waals surface area contributed by atoms with Crippen LogP contribution in [0.4, 0.5) is 5.95 Å². The Bertz CT molecular complexity index is 373. The molecule has 1 fully saturated rings. The molecule has 1 aromatic rings. The first-order chi connectivity index (χ1) is 8.15. The molecule has 4 heteroatoms. The molecule has 2 rings (SSSR count). The van der Waals surface area contributed by atoms with Gasteiger partial charge >= 0.3 is 0 Å². The van der Waals surface area contributed by atoms with E-state index >= 15 is 0 Å². The molecule has 94 valence electrons. The lowest BCUT2D eigenvalue weighted by Gasteiger charge is -2.12. The Morgan fingerprint density at radius 1 is 1.47 bits per heavy atom. The molecule has 1 aliphatic heterocycles. The fourth-order valence-electron chi connectivity index (χ4n) is 1.95. The maximum Gasteiger partial charge on any atom is 0.223 e. The van der Waals surface area contributed by atoms with Crippen LogP contribution in [0.5, 0.6) is 0 Å². The second kappa shape index (κ2) is 5.45. The largest absolute Gasteiger partial charge is 0.381 e. The number of anilines is 1. The number of rotatable bonds is 4. The van der Waals surface area contributed by atoms with Crippen LogP contribution in [0.1, 0.15) is 37.6 Å². The van der Waals surface area contributed by atoms with Gasteiger partial charge in [0.05, 0.1) is 6.61 Å². The summed E-state index contributed by atoms with van der Waals surface area (Å²) >= 11 is 0. The molecule has 1 atom stereocenters. The zero-order valence-electron chi connectivity index (χ0n) is 10.9. The average molecular weight is 235 g/mol. The topological polar surface area (TPSA) is 47.0 Å². The van der Waals surface area contributed by atoms with Crippen molar-refractivity contribution in [3.8, 4) is 0 Å². The van der Waals surface area contributed by atoms with Gasteiger partial charge in [0.1, 0.15) is 0 Å². The SMILES string of the molecule is Cc1cc(C(C)C)nc(NCC2CCOC2)n1. The summed E-state index contributed by atoms with van der Waals surface area (Å²) in [6, 6.07) is 2.05. The van der Waals surface area contributed by atoms with E-state index in [-0.39, 0.29) is 0 Å². The molecule has 0 spiro atoms. The normalized spacial score (nSPS) is 19.9. The van der Waals surface area contributed by atoms with Crippen LogP contribution >= 0.6 is 0 Å². The van der Waals surface area contributed by atoms with E-state index in [9.17, 15) is 0 Å². The third-order valence-corrected chi connectivity index (χ3v) is 3.04. The third kappa shape index (κ3) is 3.40. The second-order valence-corrected chi connectivity index (χ2v) is 5.02. The Balaban J connectivity index is 1.99. The van der Waals surface area contributed by atoms with Crippen molar-refractivity contribution in [3.63, 3.8) is 0 Å². The molecule has 1 saturated heterocycles. The molecule has 0 aliphatic carbocycles. The summed E-state index contributed by atoms with van der Waals surface area (Å²) in [5.74, 6) is 1.79. The Morgan fingerprint density at radius 3 is 2.94 bits per heavy atom. The fraction of sp³-hybridized carbons (Fsp3) is 0.692. The van der Waals surface area contributed by atoms with Crippen molar-refractivity contribution in [1.82, 2.24) is 9.97 Å². The van der Waals surface area contributed by atoms with Crippen LogP contribution in [0.3, 0.4) is 0 Å². The monoisotopic (exact) mass is 235 g/mol. The third-order valence-electron chi connectivity index (χ3n) is 3.04. The van der Waals surface area contributed by atoms with Crippen LogP contribution in [-0.4, -0.2) is 29.7 Å². The van der Waals surface area contributed by atoms with Crippen molar-refractivity contribution in [1.29, 1.82) is 0 Å². The average Bonchev–Trinajstić information content (AvgIpc) is 2.78. The smallest absolute Gasteiger partial charge is 0.223 e. The summed E-state index contributed by atoms with van der Waals surface area (Å²) in [6.45, 7) is 8.96. The first kappa shape index (κ1) is 12.3. The fourth-order valence-corrected chi connectivity index (χ4v) is 1.95. The summed E-state index contributed by atoms with van der Waals surface area (Å²) in [5, 5.41) is 3.32. The summed E-state index contributed by atoms with van der Waals surface area (Å²) in [4.78, 5) is 8.95. The predicted octanol–water partition coefficient (Wildman–Crippen LogP) is 2.36. The lowest BCUT2D eigenvalue weighted by atomic mass is 10.1. The molecular weight excluding hydrogens is 214 g/mol. The van der Waals surface area contributed by atoms with Crippen LogP contribution in [0.2, 0.25) is 0 Å². The molecular formula is C13H21N3O. The Kier molecular flexibility index (Phi) is 3.94. The summed E-state index contributed by atoms with van der Waals surface area (Å²) < 4.78 is 5.35. The highest BCUT2D eigenvalue weighted by Crippen LogP contribution is 2.16. The number of nitrogens with zero attached hydrogens (tertiary/aromatic N) is 2. The zero-order valence-corrected chi connectivity index (χ0v) is 10.9. The molecule has 2 heterocycles. The second-order valence-electron chi connectivity index (χ2n) is 5.02. The number of nitrogens with one attached hydrogen (secondary N) is 1. The summed E-state index contributed by atoms with van der Waals surface area (Å²) in [6.07, 6.45) is 1.13. The molecule has 1 aliphatic rings. The van der Waals surface area contributed by atoms with E-state index in [1.54, 1.807) is 0 Å². The number of ether oxygens (including phenoxy) is 1. The molecule has 1 aromatic heterocycles. The van der Waals surface area contributed by atoms with E-state index in [1.807, 2.05) is 6.92 Å². The summed E-state index contributed by atoms with van der Waals surface area (Å²) in [5.41, 5.74) is 2.12. The van der Waals surface area contributed by atoms with Crippen LogP contribution in [0.25, 0.3) is 0 Å². The van der Waals surface area contributed by atoms with E-state index in [2.05, 4.69) is 35.2 Å². The zero-order chi connectivity index (χ0) is 12.3. The highest BCUT2D eigenvalue weighted by molar-refractivity contribution is 5.29. The minimum atomic E-state index is 0.437. The Labute approximate surface area is 103 Å². The van der Waals surface area contributed by atoms with E-state index in [1.165, 1.54) is 0 Å². The van der Waals surface area contributed by atoms with Gasteiger partial charge in [0, 0.05) is 30.5 Å². The molecule has 0 bridgehead atoms. The predicted molar refractivity (Wildman–Crippen MR) is 68.3 cm³/mol. The van der Waals surface area contributed by atoms with Gasteiger partial charge in [0.25, 0.3) is 0 Å². The van der Waals surface area contributed by atoms with Gasteiger partial charge in [-0.15, -0.1) is 0 Å². The Hall–Kier alpha value is -1.16. The molecule has 0 saturated carbocycles. The molecule has 0 radical (unpaired) electrons.